The molecule has 114 valence electrons. The molecule has 0 aliphatic carbocycles. The first kappa shape index (κ1) is 16.7. The van der Waals surface area contributed by atoms with E-state index in [1.807, 2.05) is 30.3 Å². The van der Waals surface area contributed by atoms with E-state index in [2.05, 4.69) is 12.0 Å². The second kappa shape index (κ2) is 9.55. The van der Waals surface area contributed by atoms with E-state index in [0.717, 1.165) is 10.6 Å². The smallest absolute Gasteiger partial charge is 0.425 e. The van der Waals surface area contributed by atoms with Crippen LogP contribution in [0.1, 0.15) is 12.5 Å². The van der Waals surface area contributed by atoms with Crippen molar-refractivity contribution < 1.29 is 19.1 Å². The van der Waals surface area contributed by atoms with Gasteiger partial charge in [0.1, 0.15) is 13.2 Å². The number of esters is 1. The van der Waals surface area contributed by atoms with Gasteiger partial charge in [-0.25, -0.2) is 15.2 Å². The number of nitrogens with one attached hydrogen (secondary N) is 1. The van der Waals surface area contributed by atoms with Gasteiger partial charge in [0.25, 0.3) is 0 Å². The molecule has 0 bridgehead atoms. The van der Waals surface area contributed by atoms with Gasteiger partial charge in [-0.3, -0.25) is 4.79 Å². The zero-order valence-corrected chi connectivity index (χ0v) is 12.1. The zero-order valence-electron chi connectivity index (χ0n) is 12.1. The number of hydrogen-bond donors (Lipinski definition) is 1. The minimum atomic E-state index is -0.645. The summed E-state index contributed by atoms with van der Waals surface area (Å²) in [6.45, 7) is 5.74. The molecule has 0 radical (unpaired) electrons. The maximum atomic E-state index is 12.0. The molecule has 1 rings (SSSR count). The Labute approximate surface area is 124 Å². The lowest BCUT2D eigenvalue weighted by atomic mass is 10.2. The van der Waals surface area contributed by atoms with E-state index in [4.69, 9.17) is 9.47 Å². The average Bonchev–Trinajstić information content (AvgIpc) is 2.50. The largest absolute Gasteiger partial charge is 0.465 e. The molecule has 0 aliphatic rings. The standard InChI is InChI=1S/C15H20N2O4/c1-3-10-16-17(11-14(18)20-4-2)15(19)21-12-13-8-6-5-7-9-13/h3,5-9,16H,1,4,10-12H2,2H3. The van der Waals surface area contributed by atoms with Gasteiger partial charge < -0.3 is 9.47 Å². The van der Waals surface area contributed by atoms with E-state index >= 15 is 0 Å². The van der Waals surface area contributed by atoms with Crippen LogP contribution in [0.2, 0.25) is 0 Å². The van der Waals surface area contributed by atoms with E-state index in [1.54, 1.807) is 13.0 Å². The summed E-state index contributed by atoms with van der Waals surface area (Å²) in [5.41, 5.74) is 3.60. The molecule has 0 saturated heterocycles. The molecule has 1 aromatic carbocycles. The first-order valence-corrected chi connectivity index (χ1v) is 6.65. The molecule has 0 unspecified atom stereocenters. The molecule has 0 aliphatic heterocycles. The zero-order chi connectivity index (χ0) is 15.5. The van der Waals surface area contributed by atoms with Crippen molar-refractivity contribution in [3.8, 4) is 0 Å². The summed E-state index contributed by atoms with van der Waals surface area (Å²) in [4.78, 5) is 23.4. The number of carbonyl (C=O) groups is 2. The van der Waals surface area contributed by atoms with Crippen LogP contribution in [0.4, 0.5) is 4.79 Å². The average molecular weight is 292 g/mol. The van der Waals surface area contributed by atoms with Gasteiger partial charge in [0.2, 0.25) is 0 Å². The fourth-order valence-corrected chi connectivity index (χ4v) is 1.49. The van der Waals surface area contributed by atoms with Crippen LogP contribution < -0.4 is 5.43 Å². The minimum absolute atomic E-state index is 0.134. The molecule has 1 N–H and O–H groups in total. The molecule has 0 spiro atoms. The van der Waals surface area contributed by atoms with Gasteiger partial charge in [-0.05, 0) is 12.5 Å². The Balaban J connectivity index is 2.53. The SMILES string of the molecule is C=CCNN(CC(=O)OCC)C(=O)OCc1ccccc1. The number of nitrogens with zero attached hydrogens (tertiary/aromatic N) is 1. The molecule has 0 saturated carbocycles. The number of ether oxygens (including phenoxy) is 2. The van der Waals surface area contributed by atoms with Crippen LogP contribution in [0.15, 0.2) is 43.0 Å². The Hall–Kier alpha value is -2.34. The lowest BCUT2D eigenvalue weighted by molar-refractivity contribution is -0.144. The van der Waals surface area contributed by atoms with Crippen LogP contribution in [0.5, 0.6) is 0 Å². The van der Waals surface area contributed by atoms with Crippen LogP contribution >= 0.6 is 0 Å². The monoisotopic (exact) mass is 292 g/mol. The molecule has 0 atom stereocenters. The van der Waals surface area contributed by atoms with Crippen molar-refractivity contribution >= 4 is 12.1 Å². The third kappa shape index (κ3) is 6.58. The van der Waals surface area contributed by atoms with Crippen LogP contribution in [0.25, 0.3) is 0 Å². The normalized spacial score (nSPS) is 9.76. The molecular formula is C15H20N2O4. The Morgan fingerprint density at radius 1 is 1.29 bits per heavy atom. The highest BCUT2D eigenvalue weighted by Crippen LogP contribution is 2.02. The predicted molar refractivity (Wildman–Crippen MR) is 78.2 cm³/mol. The number of amides is 1. The number of benzene rings is 1. The summed E-state index contributed by atoms with van der Waals surface area (Å²) < 4.78 is 9.96. The van der Waals surface area contributed by atoms with Gasteiger partial charge in [-0.15, -0.1) is 6.58 Å². The van der Waals surface area contributed by atoms with Crippen molar-refractivity contribution in [3.05, 3.63) is 48.6 Å². The lowest BCUT2D eigenvalue weighted by Crippen LogP contribution is -2.46. The molecule has 0 heterocycles. The topological polar surface area (TPSA) is 67.9 Å². The summed E-state index contributed by atoms with van der Waals surface area (Å²) in [5.74, 6) is -0.509. The van der Waals surface area contributed by atoms with Crippen molar-refractivity contribution in [2.24, 2.45) is 0 Å². The third-order valence-corrected chi connectivity index (χ3v) is 2.44. The van der Waals surface area contributed by atoms with Crippen molar-refractivity contribution in [3.63, 3.8) is 0 Å². The first-order chi connectivity index (χ1) is 10.2. The van der Waals surface area contributed by atoms with Crippen LogP contribution in [-0.4, -0.2) is 36.8 Å². The Kier molecular flexibility index (Phi) is 7.60. The minimum Gasteiger partial charge on any atom is -0.465 e. The fourth-order valence-electron chi connectivity index (χ4n) is 1.49. The second-order valence-corrected chi connectivity index (χ2v) is 4.08. The Morgan fingerprint density at radius 3 is 2.62 bits per heavy atom. The Morgan fingerprint density at radius 2 is 2.00 bits per heavy atom. The second-order valence-electron chi connectivity index (χ2n) is 4.08. The van der Waals surface area contributed by atoms with Crippen LogP contribution in [0.3, 0.4) is 0 Å². The van der Waals surface area contributed by atoms with E-state index in [0.29, 0.717) is 6.54 Å². The van der Waals surface area contributed by atoms with Crippen molar-refractivity contribution in [1.29, 1.82) is 0 Å². The van der Waals surface area contributed by atoms with Crippen molar-refractivity contribution in [2.75, 3.05) is 19.7 Å². The Bertz CT molecular complexity index is 462. The molecule has 6 nitrogen and oxygen atoms in total. The van der Waals surface area contributed by atoms with E-state index in [-0.39, 0.29) is 19.8 Å². The van der Waals surface area contributed by atoms with E-state index in [9.17, 15) is 9.59 Å². The molecular weight excluding hydrogens is 272 g/mol. The maximum Gasteiger partial charge on any atom is 0.425 e. The highest BCUT2D eigenvalue weighted by atomic mass is 16.6. The predicted octanol–water partition coefficient (Wildman–Crippen LogP) is 1.88. The van der Waals surface area contributed by atoms with Crippen molar-refractivity contribution in [1.82, 2.24) is 10.4 Å². The van der Waals surface area contributed by atoms with Gasteiger partial charge in [-0.2, -0.15) is 0 Å². The number of rotatable bonds is 8. The molecule has 1 amide bonds. The summed E-state index contributed by atoms with van der Waals surface area (Å²) >= 11 is 0. The van der Waals surface area contributed by atoms with Crippen LogP contribution in [0, 0.1) is 0 Å². The molecule has 0 fully saturated rings. The first-order valence-electron chi connectivity index (χ1n) is 6.65. The van der Waals surface area contributed by atoms with Gasteiger partial charge >= 0.3 is 12.1 Å². The summed E-state index contributed by atoms with van der Waals surface area (Å²) in [6, 6.07) is 9.29. The third-order valence-electron chi connectivity index (χ3n) is 2.44. The molecule has 21 heavy (non-hydrogen) atoms. The number of carbonyl (C=O) groups excluding carboxylic acids is 2. The fraction of sp³-hybridized carbons (Fsp3) is 0.333. The van der Waals surface area contributed by atoms with Gasteiger partial charge in [0.05, 0.1) is 6.61 Å². The highest BCUT2D eigenvalue weighted by Gasteiger charge is 2.18. The maximum absolute atomic E-state index is 12.0. The molecule has 0 aromatic heterocycles. The number of hydrogen-bond acceptors (Lipinski definition) is 5. The summed E-state index contributed by atoms with van der Waals surface area (Å²) in [5, 5.41) is 1.07. The lowest BCUT2D eigenvalue weighted by Gasteiger charge is -2.21. The van der Waals surface area contributed by atoms with Gasteiger partial charge in [0, 0.05) is 6.54 Å². The van der Waals surface area contributed by atoms with Gasteiger partial charge in [0.15, 0.2) is 0 Å². The van der Waals surface area contributed by atoms with Gasteiger partial charge in [-0.1, -0.05) is 36.4 Å². The molecule has 6 heteroatoms. The summed E-state index contributed by atoms with van der Waals surface area (Å²) in [7, 11) is 0. The van der Waals surface area contributed by atoms with Crippen LogP contribution in [-0.2, 0) is 20.9 Å². The number of hydrazine groups is 1. The summed E-state index contributed by atoms with van der Waals surface area (Å²) in [6.07, 6.45) is 0.927. The molecule has 1 aromatic rings. The quantitative estimate of drug-likeness (QED) is 0.450. The van der Waals surface area contributed by atoms with E-state index < -0.39 is 12.1 Å². The van der Waals surface area contributed by atoms with Crippen molar-refractivity contribution in [2.45, 2.75) is 13.5 Å². The highest BCUT2D eigenvalue weighted by molar-refractivity contribution is 5.77. The van der Waals surface area contributed by atoms with E-state index in [1.165, 1.54) is 0 Å².